The molecule has 1 fully saturated rings. The molecule has 92 valence electrons. The molecule has 1 amide bonds. The Bertz CT molecular complexity index is 403. The number of amides is 1. The number of likely N-dealkylation sites (tertiary alicyclic amines) is 1. The molecular formula is C12H15ClN2O2. The Labute approximate surface area is 106 Å². The van der Waals surface area contributed by atoms with Gasteiger partial charge in [-0.3, -0.25) is 4.79 Å². The van der Waals surface area contributed by atoms with Crippen molar-refractivity contribution in [3.8, 4) is 5.88 Å². The van der Waals surface area contributed by atoms with Crippen LogP contribution < -0.4 is 4.74 Å². The van der Waals surface area contributed by atoms with E-state index in [0.717, 1.165) is 12.8 Å². The van der Waals surface area contributed by atoms with Crippen LogP contribution in [0.4, 0.5) is 0 Å². The first-order valence-electron chi connectivity index (χ1n) is 5.64. The third-order valence-electron chi connectivity index (χ3n) is 2.91. The predicted octanol–water partition coefficient (Wildman–Crippen LogP) is 1.93. The fourth-order valence-corrected chi connectivity index (χ4v) is 2.13. The van der Waals surface area contributed by atoms with Gasteiger partial charge < -0.3 is 9.64 Å². The molecule has 0 aromatic carbocycles. The minimum atomic E-state index is -0.0292. The highest BCUT2D eigenvalue weighted by atomic mass is 35.5. The van der Waals surface area contributed by atoms with Crippen molar-refractivity contribution < 1.29 is 9.53 Å². The van der Waals surface area contributed by atoms with E-state index in [4.69, 9.17) is 16.3 Å². The van der Waals surface area contributed by atoms with Crippen LogP contribution in [0.1, 0.15) is 23.2 Å². The molecular weight excluding hydrogens is 240 g/mol. The van der Waals surface area contributed by atoms with Gasteiger partial charge in [-0.25, -0.2) is 4.98 Å². The van der Waals surface area contributed by atoms with Crippen LogP contribution >= 0.6 is 11.6 Å². The van der Waals surface area contributed by atoms with Gasteiger partial charge >= 0.3 is 0 Å². The maximum atomic E-state index is 12.2. The number of carbonyl (C=O) groups is 1. The third-order valence-corrected chi connectivity index (χ3v) is 3.34. The van der Waals surface area contributed by atoms with Crippen LogP contribution in [-0.2, 0) is 0 Å². The monoisotopic (exact) mass is 254 g/mol. The quantitative estimate of drug-likeness (QED) is 0.758. The third kappa shape index (κ3) is 2.69. The topological polar surface area (TPSA) is 42.4 Å². The van der Waals surface area contributed by atoms with Gasteiger partial charge in [-0.2, -0.15) is 0 Å². The molecule has 1 saturated heterocycles. The summed E-state index contributed by atoms with van der Waals surface area (Å²) < 4.78 is 5.09. The zero-order chi connectivity index (χ0) is 12.3. The van der Waals surface area contributed by atoms with Gasteiger partial charge in [0.2, 0.25) is 5.88 Å². The average Bonchev–Trinajstić information content (AvgIpc) is 2.39. The van der Waals surface area contributed by atoms with E-state index in [2.05, 4.69) is 4.98 Å². The molecule has 1 aliphatic heterocycles. The number of halogens is 1. The van der Waals surface area contributed by atoms with Crippen molar-refractivity contribution in [1.29, 1.82) is 0 Å². The van der Waals surface area contributed by atoms with Crippen LogP contribution in [-0.4, -0.2) is 41.4 Å². The molecule has 0 saturated carbocycles. The average molecular weight is 255 g/mol. The molecule has 0 N–H and O–H groups in total. The summed E-state index contributed by atoms with van der Waals surface area (Å²) in [6, 6.07) is 3.48. The lowest BCUT2D eigenvalue weighted by Crippen LogP contribution is -2.39. The van der Waals surface area contributed by atoms with Crippen LogP contribution in [0.3, 0.4) is 0 Å². The zero-order valence-corrected chi connectivity index (χ0v) is 10.5. The Morgan fingerprint density at radius 2 is 2.24 bits per heavy atom. The molecule has 0 radical (unpaired) electrons. The lowest BCUT2D eigenvalue weighted by atomic mass is 10.1. The minimum absolute atomic E-state index is 0.0292. The Morgan fingerprint density at radius 3 is 2.88 bits per heavy atom. The molecule has 0 bridgehead atoms. The highest BCUT2D eigenvalue weighted by molar-refractivity contribution is 6.20. The largest absolute Gasteiger partial charge is 0.480 e. The van der Waals surface area contributed by atoms with Gasteiger partial charge in [0, 0.05) is 24.7 Å². The molecule has 5 heteroatoms. The van der Waals surface area contributed by atoms with Gasteiger partial charge in [-0.15, -0.1) is 11.6 Å². The van der Waals surface area contributed by atoms with Crippen molar-refractivity contribution in [3.05, 3.63) is 23.9 Å². The van der Waals surface area contributed by atoms with Crippen molar-refractivity contribution in [2.24, 2.45) is 0 Å². The molecule has 0 aliphatic carbocycles. The summed E-state index contributed by atoms with van der Waals surface area (Å²) in [5, 5.41) is 0.190. The van der Waals surface area contributed by atoms with E-state index in [9.17, 15) is 4.79 Å². The molecule has 1 aromatic rings. The number of hydrogen-bond donors (Lipinski definition) is 0. The minimum Gasteiger partial charge on any atom is -0.480 e. The van der Waals surface area contributed by atoms with Crippen molar-refractivity contribution >= 4 is 17.5 Å². The summed E-state index contributed by atoms with van der Waals surface area (Å²) in [5.41, 5.74) is 0.517. The van der Waals surface area contributed by atoms with Crippen LogP contribution in [0.15, 0.2) is 18.3 Å². The molecule has 0 atom stereocenters. The fraction of sp³-hybridized carbons (Fsp3) is 0.500. The zero-order valence-electron chi connectivity index (χ0n) is 9.73. The second kappa shape index (κ2) is 5.36. The SMILES string of the molecule is COc1ncccc1C(=O)N1CCC(Cl)CC1. The van der Waals surface area contributed by atoms with E-state index in [-0.39, 0.29) is 11.3 Å². The lowest BCUT2D eigenvalue weighted by Gasteiger charge is -2.29. The van der Waals surface area contributed by atoms with Gasteiger partial charge in [0.05, 0.1) is 7.11 Å². The molecule has 4 nitrogen and oxygen atoms in total. The Hall–Kier alpha value is -1.29. The van der Waals surface area contributed by atoms with E-state index >= 15 is 0 Å². The number of hydrogen-bond acceptors (Lipinski definition) is 3. The van der Waals surface area contributed by atoms with Crippen molar-refractivity contribution in [2.75, 3.05) is 20.2 Å². The first-order chi connectivity index (χ1) is 8.22. The molecule has 1 aliphatic rings. The summed E-state index contributed by atoms with van der Waals surface area (Å²) in [6.07, 6.45) is 3.30. The molecule has 2 rings (SSSR count). The molecule has 2 heterocycles. The van der Waals surface area contributed by atoms with E-state index in [1.54, 1.807) is 23.2 Å². The number of nitrogens with zero attached hydrogens (tertiary/aromatic N) is 2. The van der Waals surface area contributed by atoms with Crippen molar-refractivity contribution in [1.82, 2.24) is 9.88 Å². The summed E-state index contributed by atoms with van der Waals surface area (Å²) >= 11 is 6.02. The van der Waals surface area contributed by atoms with E-state index < -0.39 is 0 Å². The van der Waals surface area contributed by atoms with Gasteiger partial charge in [0.25, 0.3) is 5.91 Å². The number of pyridine rings is 1. The highest BCUT2D eigenvalue weighted by Crippen LogP contribution is 2.21. The second-order valence-electron chi connectivity index (χ2n) is 4.03. The molecule has 0 spiro atoms. The predicted molar refractivity (Wildman–Crippen MR) is 65.6 cm³/mol. The van der Waals surface area contributed by atoms with Gasteiger partial charge in [-0.05, 0) is 25.0 Å². The molecule has 1 aromatic heterocycles. The number of ether oxygens (including phenoxy) is 1. The maximum Gasteiger partial charge on any atom is 0.259 e. The van der Waals surface area contributed by atoms with Crippen LogP contribution in [0.2, 0.25) is 0 Å². The Kier molecular flexibility index (Phi) is 3.84. The van der Waals surface area contributed by atoms with Crippen LogP contribution in [0.25, 0.3) is 0 Å². The lowest BCUT2D eigenvalue weighted by molar-refractivity contribution is 0.0722. The summed E-state index contributed by atoms with van der Waals surface area (Å²) in [6.45, 7) is 1.40. The number of alkyl halides is 1. The summed E-state index contributed by atoms with van der Waals surface area (Å²) in [4.78, 5) is 18.1. The number of methoxy groups -OCH3 is 1. The maximum absolute atomic E-state index is 12.2. The van der Waals surface area contributed by atoms with Gasteiger partial charge in [-0.1, -0.05) is 0 Å². The summed E-state index contributed by atoms with van der Waals surface area (Å²) in [5.74, 6) is 0.351. The van der Waals surface area contributed by atoms with Gasteiger partial charge in [0.1, 0.15) is 5.56 Å². The Morgan fingerprint density at radius 1 is 1.53 bits per heavy atom. The second-order valence-corrected chi connectivity index (χ2v) is 4.64. The van der Waals surface area contributed by atoms with Crippen LogP contribution in [0, 0.1) is 0 Å². The normalized spacial score (nSPS) is 16.9. The Balaban J connectivity index is 2.14. The van der Waals surface area contributed by atoms with Gasteiger partial charge in [0.15, 0.2) is 0 Å². The van der Waals surface area contributed by atoms with Crippen LogP contribution in [0.5, 0.6) is 5.88 Å². The molecule has 0 unspecified atom stereocenters. The number of rotatable bonds is 2. The van der Waals surface area contributed by atoms with Crippen molar-refractivity contribution in [2.45, 2.75) is 18.2 Å². The molecule has 17 heavy (non-hydrogen) atoms. The number of carbonyl (C=O) groups excluding carboxylic acids is 1. The van der Waals surface area contributed by atoms with Crippen molar-refractivity contribution in [3.63, 3.8) is 0 Å². The highest BCUT2D eigenvalue weighted by Gasteiger charge is 2.24. The fourth-order valence-electron chi connectivity index (χ4n) is 1.94. The standard InChI is InChI=1S/C12H15ClN2O2/c1-17-11-10(3-2-6-14-11)12(16)15-7-4-9(13)5-8-15/h2-3,6,9H,4-5,7-8H2,1H3. The van der Waals surface area contributed by atoms with E-state index in [1.165, 1.54) is 7.11 Å². The van der Waals surface area contributed by atoms with E-state index in [1.807, 2.05) is 0 Å². The van der Waals surface area contributed by atoms with E-state index in [0.29, 0.717) is 24.5 Å². The number of aromatic nitrogens is 1. The number of piperidine rings is 1. The first kappa shape index (κ1) is 12.2. The summed E-state index contributed by atoms with van der Waals surface area (Å²) in [7, 11) is 1.52. The first-order valence-corrected chi connectivity index (χ1v) is 6.08. The smallest absolute Gasteiger partial charge is 0.259 e.